The Morgan fingerprint density at radius 1 is 1.41 bits per heavy atom. The van der Waals surface area contributed by atoms with Gasteiger partial charge in [-0.25, -0.2) is 4.79 Å². The van der Waals surface area contributed by atoms with Crippen LogP contribution in [-0.2, 0) is 14.3 Å². The van der Waals surface area contributed by atoms with E-state index in [1.54, 1.807) is 29.2 Å². The monoisotopic (exact) mass is 370 g/mol. The Bertz CT molecular complexity index is 782. The highest BCUT2D eigenvalue weighted by atomic mass is 16.5. The van der Waals surface area contributed by atoms with E-state index in [-0.39, 0.29) is 11.5 Å². The van der Waals surface area contributed by atoms with Crippen LogP contribution in [0.4, 0.5) is 5.69 Å². The third kappa shape index (κ3) is 5.85. The molecule has 2 N–H and O–H groups in total. The Labute approximate surface area is 157 Å². The molecule has 142 valence electrons. The molecule has 1 aromatic rings. The number of amides is 2. The van der Waals surface area contributed by atoms with Crippen LogP contribution in [0.2, 0.25) is 0 Å². The van der Waals surface area contributed by atoms with Crippen molar-refractivity contribution in [1.82, 2.24) is 10.2 Å². The van der Waals surface area contributed by atoms with Gasteiger partial charge in [0.05, 0.1) is 12.7 Å². The summed E-state index contributed by atoms with van der Waals surface area (Å²) in [6, 6.07) is 8.36. The van der Waals surface area contributed by atoms with E-state index in [9.17, 15) is 19.6 Å². The van der Waals surface area contributed by atoms with E-state index in [0.29, 0.717) is 37.2 Å². The zero-order valence-corrected chi connectivity index (χ0v) is 15.2. The van der Waals surface area contributed by atoms with Gasteiger partial charge >= 0.3 is 5.97 Å². The van der Waals surface area contributed by atoms with Crippen LogP contribution in [0.25, 0.3) is 0 Å². The highest BCUT2D eigenvalue weighted by Crippen LogP contribution is 2.12. The third-order valence-corrected chi connectivity index (χ3v) is 4.09. The fourth-order valence-corrected chi connectivity index (χ4v) is 2.67. The van der Waals surface area contributed by atoms with Crippen molar-refractivity contribution in [2.24, 2.45) is 0 Å². The molecule has 1 aromatic carbocycles. The van der Waals surface area contributed by atoms with E-state index >= 15 is 0 Å². The lowest BCUT2D eigenvalue weighted by atomic mass is 10.2. The van der Waals surface area contributed by atoms with Gasteiger partial charge in [-0.3, -0.25) is 9.59 Å². The fourth-order valence-electron chi connectivity index (χ4n) is 2.67. The number of ether oxygens (including phenoxy) is 1. The molecule has 2 rings (SSSR count). The zero-order valence-electron chi connectivity index (χ0n) is 15.2. The lowest BCUT2D eigenvalue weighted by Gasteiger charge is -2.15. The number of nitrogens with zero attached hydrogens (tertiary/aromatic N) is 2. The van der Waals surface area contributed by atoms with Crippen molar-refractivity contribution in [2.75, 3.05) is 32.1 Å². The van der Waals surface area contributed by atoms with Gasteiger partial charge in [-0.1, -0.05) is 6.07 Å². The van der Waals surface area contributed by atoms with Crippen LogP contribution >= 0.6 is 0 Å². The molecule has 0 aromatic heterocycles. The van der Waals surface area contributed by atoms with Crippen molar-refractivity contribution < 1.29 is 19.1 Å². The van der Waals surface area contributed by atoms with Gasteiger partial charge in [0.25, 0.3) is 5.91 Å². The summed E-state index contributed by atoms with van der Waals surface area (Å²) in [5.74, 6) is -0.823. The molecule has 0 atom stereocenters. The standard InChI is InChI=1S/C19H22N4O4/c1-27-19(26)14-5-2-6-16(11-14)22-13-15(12-20)18(25)21-8-4-10-23-9-3-7-17(23)24/h2,5-6,11,13,22H,3-4,7-10H2,1H3,(H,21,25)/b15-13-. The minimum Gasteiger partial charge on any atom is -0.465 e. The third-order valence-electron chi connectivity index (χ3n) is 4.09. The summed E-state index contributed by atoms with van der Waals surface area (Å²) in [5, 5.41) is 14.7. The molecule has 1 aliphatic heterocycles. The predicted molar refractivity (Wildman–Crippen MR) is 98.5 cm³/mol. The summed E-state index contributed by atoms with van der Waals surface area (Å²) in [7, 11) is 1.29. The average Bonchev–Trinajstić information content (AvgIpc) is 3.10. The molecule has 1 heterocycles. The number of anilines is 1. The van der Waals surface area contributed by atoms with Crippen molar-refractivity contribution in [3.8, 4) is 6.07 Å². The van der Waals surface area contributed by atoms with Gasteiger partial charge in [0, 0.05) is 37.9 Å². The second kappa shape index (κ2) is 9.97. The maximum Gasteiger partial charge on any atom is 0.337 e. The summed E-state index contributed by atoms with van der Waals surface area (Å²) in [6.45, 7) is 1.74. The second-order valence-electron chi connectivity index (χ2n) is 5.98. The van der Waals surface area contributed by atoms with Crippen LogP contribution in [0.1, 0.15) is 29.6 Å². The first-order chi connectivity index (χ1) is 13.0. The number of nitriles is 1. The van der Waals surface area contributed by atoms with E-state index in [1.807, 2.05) is 6.07 Å². The summed E-state index contributed by atoms with van der Waals surface area (Å²) in [6.07, 6.45) is 3.40. The Morgan fingerprint density at radius 2 is 2.22 bits per heavy atom. The van der Waals surface area contributed by atoms with Crippen molar-refractivity contribution >= 4 is 23.5 Å². The maximum absolute atomic E-state index is 12.1. The van der Waals surface area contributed by atoms with Crippen LogP contribution in [-0.4, -0.2) is 49.4 Å². The number of hydrogen-bond donors (Lipinski definition) is 2. The van der Waals surface area contributed by atoms with E-state index in [2.05, 4.69) is 15.4 Å². The lowest BCUT2D eigenvalue weighted by molar-refractivity contribution is -0.127. The number of esters is 1. The van der Waals surface area contributed by atoms with E-state index in [1.165, 1.54) is 13.3 Å². The van der Waals surface area contributed by atoms with E-state index < -0.39 is 11.9 Å². The Hall–Kier alpha value is -3.34. The highest BCUT2D eigenvalue weighted by molar-refractivity contribution is 5.97. The van der Waals surface area contributed by atoms with Gasteiger partial charge in [-0.05, 0) is 31.0 Å². The molecule has 1 saturated heterocycles. The largest absolute Gasteiger partial charge is 0.465 e. The number of hydrogen-bond acceptors (Lipinski definition) is 6. The minimum absolute atomic E-state index is 0.0873. The van der Waals surface area contributed by atoms with Gasteiger partial charge in [-0.15, -0.1) is 0 Å². The van der Waals surface area contributed by atoms with Gasteiger partial charge < -0.3 is 20.3 Å². The first kappa shape index (κ1) is 20.0. The maximum atomic E-state index is 12.1. The molecular weight excluding hydrogens is 348 g/mol. The molecule has 0 radical (unpaired) electrons. The molecule has 0 spiro atoms. The van der Waals surface area contributed by atoms with Gasteiger partial charge in [0.15, 0.2) is 0 Å². The summed E-state index contributed by atoms with van der Waals surface area (Å²) >= 11 is 0. The SMILES string of the molecule is COC(=O)c1cccc(N/C=C(/C#N)C(=O)NCCCN2CCCC2=O)c1. The van der Waals surface area contributed by atoms with Crippen molar-refractivity contribution in [1.29, 1.82) is 5.26 Å². The molecule has 1 aliphatic rings. The molecule has 1 fully saturated rings. The Morgan fingerprint density at radius 3 is 2.89 bits per heavy atom. The molecule has 27 heavy (non-hydrogen) atoms. The topological polar surface area (TPSA) is 112 Å². The summed E-state index contributed by atoms with van der Waals surface area (Å²) < 4.78 is 4.65. The first-order valence-electron chi connectivity index (χ1n) is 8.66. The minimum atomic E-state index is -0.498. The fraction of sp³-hybridized carbons (Fsp3) is 0.368. The van der Waals surface area contributed by atoms with Gasteiger partial charge in [0.2, 0.25) is 5.91 Å². The quantitative estimate of drug-likeness (QED) is 0.310. The van der Waals surface area contributed by atoms with Crippen LogP contribution in [0.3, 0.4) is 0 Å². The smallest absolute Gasteiger partial charge is 0.337 e. The number of nitrogens with one attached hydrogen (secondary N) is 2. The Balaban J connectivity index is 1.84. The van der Waals surface area contributed by atoms with E-state index in [0.717, 1.165) is 13.0 Å². The van der Waals surface area contributed by atoms with Crippen molar-refractivity contribution in [3.05, 3.63) is 41.6 Å². The summed E-state index contributed by atoms with van der Waals surface area (Å²) in [4.78, 5) is 36.9. The first-order valence-corrected chi connectivity index (χ1v) is 8.66. The number of benzene rings is 1. The number of carbonyl (C=O) groups excluding carboxylic acids is 3. The van der Waals surface area contributed by atoms with Crippen molar-refractivity contribution in [3.63, 3.8) is 0 Å². The molecule has 0 aliphatic carbocycles. The van der Waals surface area contributed by atoms with Crippen molar-refractivity contribution in [2.45, 2.75) is 19.3 Å². The lowest BCUT2D eigenvalue weighted by Crippen LogP contribution is -2.31. The van der Waals surface area contributed by atoms with Crippen LogP contribution < -0.4 is 10.6 Å². The molecule has 8 heteroatoms. The predicted octanol–water partition coefficient (Wildman–Crippen LogP) is 1.42. The number of likely N-dealkylation sites (tertiary alicyclic amines) is 1. The second-order valence-corrected chi connectivity index (χ2v) is 5.98. The van der Waals surface area contributed by atoms with Crippen LogP contribution in [0.15, 0.2) is 36.0 Å². The summed E-state index contributed by atoms with van der Waals surface area (Å²) in [5.41, 5.74) is 0.817. The van der Waals surface area contributed by atoms with E-state index in [4.69, 9.17) is 0 Å². The number of rotatable bonds is 8. The van der Waals surface area contributed by atoms with Gasteiger partial charge in [-0.2, -0.15) is 5.26 Å². The molecule has 0 saturated carbocycles. The molecule has 2 amide bonds. The van der Waals surface area contributed by atoms with Crippen LogP contribution in [0, 0.1) is 11.3 Å². The molecule has 0 bridgehead atoms. The van der Waals surface area contributed by atoms with Gasteiger partial charge in [0.1, 0.15) is 11.6 Å². The normalized spacial score (nSPS) is 13.9. The molecular formula is C19H22N4O4. The molecule has 8 nitrogen and oxygen atoms in total. The Kier molecular flexibility index (Phi) is 7.37. The average molecular weight is 370 g/mol. The number of carbonyl (C=O) groups is 3. The van der Waals surface area contributed by atoms with Crippen LogP contribution in [0.5, 0.6) is 0 Å². The molecule has 0 unspecified atom stereocenters. The highest BCUT2D eigenvalue weighted by Gasteiger charge is 2.19. The number of methoxy groups -OCH3 is 1. The zero-order chi connectivity index (χ0) is 19.6.